The molecule has 0 fully saturated rings. The highest BCUT2D eigenvalue weighted by molar-refractivity contribution is 7.98. The van der Waals surface area contributed by atoms with Crippen molar-refractivity contribution in [2.24, 2.45) is 0 Å². The Morgan fingerprint density at radius 2 is 2.33 bits per heavy atom. The molecule has 0 heterocycles. The molecule has 0 aliphatic carbocycles. The maximum absolute atomic E-state index is 8.86. The fourth-order valence-electron chi connectivity index (χ4n) is 1.15. The quantitative estimate of drug-likeness (QED) is 0.613. The number of hydrogen-bond acceptors (Lipinski definition) is 4. The van der Waals surface area contributed by atoms with Crippen LogP contribution in [0.4, 0.5) is 5.69 Å². The third kappa shape index (κ3) is 3.72. The molecule has 0 radical (unpaired) electrons. The van der Waals surface area contributed by atoms with Gasteiger partial charge in [0.05, 0.1) is 12.2 Å². The van der Waals surface area contributed by atoms with Crippen LogP contribution in [0.25, 0.3) is 0 Å². The van der Waals surface area contributed by atoms with Crippen LogP contribution in [-0.2, 0) is 0 Å². The van der Waals surface area contributed by atoms with E-state index in [4.69, 9.17) is 15.7 Å². The van der Waals surface area contributed by atoms with E-state index in [9.17, 15) is 0 Å². The standard InChI is InChI=1S/C11H14N2OS/c1-15-6-2-5-14-11-4-3-10(13)7-9(11)8-12/h3-4,7H,2,5-6,13H2,1H3. The number of anilines is 1. The zero-order valence-corrected chi connectivity index (χ0v) is 9.51. The normalized spacial score (nSPS) is 9.60. The van der Waals surface area contributed by atoms with Crippen molar-refractivity contribution in [2.45, 2.75) is 6.42 Å². The van der Waals surface area contributed by atoms with Crippen LogP contribution in [0, 0.1) is 11.3 Å². The van der Waals surface area contributed by atoms with E-state index in [0.29, 0.717) is 23.6 Å². The summed E-state index contributed by atoms with van der Waals surface area (Å²) in [6.45, 7) is 0.638. The predicted octanol–water partition coefficient (Wildman–Crippen LogP) is 2.27. The van der Waals surface area contributed by atoms with E-state index in [1.54, 1.807) is 30.0 Å². The monoisotopic (exact) mass is 222 g/mol. The molecule has 80 valence electrons. The molecule has 0 atom stereocenters. The molecular weight excluding hydrogens is 208 g/mol. The molecule has 1 aromatic carbocycles. The van der Waals surface area contributed by atoms with Gasteiger partial charge in [0, 0.05) is 5.69 Å². The summed E-state index contributed by atoms with van der Waals surface area (Å²) in [4.78, 5) is 0. The minimum Gasteiger partial charge on any atom is -0.492 e. The molecular formula is C11H14N2OS. The number of hydrogen-bond donors (Lipinski definition) is 1. The fraction of sp³-hybridized carbons (Fsp3) is 0.364. The number of rotatable bonds is 5. The summed E-state index contributed by atoms with van der Waals surface area (Å²) >= 11 is 1.78. The van der Waals surface area contributed by atoms with Gasteiger partial charge >= 0.3 is 0 Å². The van der Waals surface area contributed by atoms with Crippen LogP contribution in [-0.4, -0.2) is 18.6 Å². The summed E-state index contributed by atoms with van der Waals surface area (Å²) in [6.07, 6.45) is 3.04. The minimum atomic E-state index is 0.499. The molecule has 0 amide bonds. The number of benzene rings is 1. The lowest BCUT2D eigenvalue weighted by atomic mass is 10.2. The van der Waals surface area contributed by atoms with E-state index >= 15 is 0 Å². The molecule has 1 rings (SSSR count). The summed E-state index contributed by atoms with van der Waals surface area (Å²) < 4.78 is 5.49. The topological polar surface area (TPSA) is 59.0 Å². The summed E-state index contributed by atoms with van der Waals surface area (Å²) in [5.74, 6) is 1.68. The second-order valence-electron chi connectivity index (χ2n) is 3.06. The van der Waals surface area contributed by atoms with Crippen LogP contribution in [0.2, 0.25) is 0 Å². The Hall–Kier alpha value is -1.34. The predicted molar refractivity (Wildman–Crippen MR) is 64.1 cm³/mol. The Morgan fingerprint density at radius 1 is 1.53 bits per heavy atom. The van der Waals surface area contributed by atoms with Crippen molar-refractivity contribution in [3.63, 3.8) is 0 Å². The number of ether oxygens (including phenoxy) is 1. The van der Waals surface area contributed by atoms with E-state index < -0.39 is 0 Å². The highest BCUT2D eigenvalue weighted by Crippen LogP contribution is 2.20. The van der Waals surface area contributed by atoms with Gasteiger partial charge in [-0.25, -0.2) is 0 Å². The van der Waals surface area contributed by atoms with Crippen molar-refractivity contribution in [1.82, 2.24) is 0 Å². The van der Waals surface area contributed by atoms with Crippen molar-refractivity contribution >= 4 is 17.4 Å². The van der Waals surface area contributed by atoms with Gasteiger partial charge in [0.2, 0.25) is 0 Å². The molecule has 0 saturated carbocycles. The van der Waals surface area contributed by atoms with E-state index in [2.05, 4.69) is 12.3 Å². The van der Waals surface area contributed by atoms with Gasteiger partial charge in [0.25, 0.3) is 0 Å². The second-order valence-corrected chi connectivity index (χ2v) is 4.05. The maximum atomic E-state index is 8.86. The maximum Gasteiger partial charge on any atom is 0.137 e. The lowest BCUT2D eigenvalue weighted by Crippen LogP contribution is -2.00. The van der Waals surface area contributed by atoms with Crippen LogP contribution in [0.1, 0.15) is 12.0 Å². The Kier molecular flexibility index (Phi) is 4.85. The number of nitrogens with two attached hydrogens (primary N) is 1. The van der Waals surface area contributed by atoms with Crippen LogP contribution < -0.4 is 10.5 Å². The van der Waals surface area contributed by atoms with Crippen LogP contribution in [0.15, 0.2) is 18.2 Å². The average molecular weight is 222 g/mol. The molecule has 1 aromatic rings. The van der Waals surface area contributed by atoms with Crippen molar-refractivity contribution < 1.29 is 4.74 Å². The number of nitriles is 1. The molecule has 0 aromatic heterocycles. The van der Waals surface area contributed by atoms with Gasteiger partial charge in [-0.05, 0) is 36.6 Å². The number of thioether (sulfide) groups is 1. The lowest BCUT2D eigenvalue weighted by Gasteiger charge is -2.07. The first-order valence-corrected chi connectivity index (χ1v) is 6.08. The highest BCUT2D eigenvalue weighted by atomic mass is 32.2. The zero-order chi connectivity index (χ0) is 11.1. The molecule has 0 unspecified atom stereocenters. The molecule has 0 bridgehead atoms. The fourth-order valence-corrected chi connectivity index (χ4v) is 1.55. The van der Waals surface area contributed by atoms with Crippen LogP contribution in [0.5, 0.6) is 5.75 Å². The van der Waals surface area contributed by atoms with Crippen LogP contribution in [0.3, 0.4) is 0 Å². The van der Waals surface area contributed by atoms with Crippen LogP contribution >= 0.6 is 11.8 Å². The molecule has 3 nitrogen and oxygen atoms in total. The van der Waals surface area contributed by atoms with Gasteiger partial charge < -0.3 is 10.5 Å². The Labute approximate surface area is 94.2 Å². The highest BCUT2D eigenvalue weighted by Gasteiger charge is 2.02. The van der Waals surface area contributed by atoms with Crippen molar-refractivity contribution in [3.05, 3.63) is 23.8 Å². The Bertz CT molecular complexity index is 360. The number of nitrogens with zero attached hydrogens (tertiary/aromatic N) is 1. The summed E-state index contributed by atoms with van der Waals surface area (Å²) in [5.41, 5.74) is 6.65. The lowest BCUT2D eigenvalue weighted by molar-refractivity contribution is 0.318. The smallest absolute Gasteiger partial charge is 0.137 e. The molecule has 15 heavy (non-hydrogen) atoms. The van der Waals surface area contributed by atoms with Crippen molar-refractivity contribution in [2.75, 3.05) is 24.3 Å². The average Bonchev–Trinajstić information content (AvgIpc) is 2.26. The third-order valence-electron chi connectivity index (χ3n) is 1.87. The molecule has 0 spiro atoms. The summed E-state index contributed by atoms with van der Waals surface area (Å²) in [6, 6.07) is 7.18. The zero-order valence-electron chi connectivity index (χ0n) is 8.69. The van der Waals surface area contributed by atoms with Crippen molar-refractivity contribution in [3.8, 4) is 11.8 Å². The number of nitrogen functional groups attached to an aromatic ring is 1. The first-order chi connectivity index (χ1) is 7.27. The van der Waals surface area contributed by atoms with Gasteiger partial charge in [-0.1, -0.05) is 0 Å². The van der Waals surface area contributed by atoms with Crippen molar-refractivity contribution in [1.29, 1.82) is 5.26 Å². The van der Waals surface area contributed by atoms with Gasteiger partial charge in [0.1, 0.15) is 11.8 Å². The van der Waals surface area contributed by atoms with Gasteiger partial charge in [-0.15, -0.1) is 0 Å². The first-order valence-electron chi connectivity index (χ1n) is 4.69. The van der Waals surface area contributed by atoms with E-state index in [-0.39, 0.29) is 0 Å². The first kappa shape index (κ1) is 11.7. The largest absolute Gasteiger partial charge is 0.492 e. The van der Waals surface area contributed by atoms with Gasteiger partial charge in [-0.2, -0.15) is 17.0 Å². The molecule has 2 N–H and O–H groups in total. The second kappa shape index (κ2) is 6.20. The molecule has 4 heteroatoms. The van der Waals surface area contributed by atoms with E-state index in [1.165, 1.54) is 0 Å². The summed E-state index contributed by atoms with van der Waals surface area (Å²) in [5, 5.41) is 8.86. The Morgan fingerprint density at radius 3 is 3.00 bits per heavy atom. The molecule has 0 aliphatic rings. The molecule has 0 aliphatic heterocycles. The van der Waals surface area contributed by atoms with E-state index in [1.807, 2.05) is 0 Å². The van der Waals surface area contributed by atoms with Gasteiger partial charge in [0.15, 0.2) is 0 Å². The minimum absolute atomic E-state index is 0.499. The summed E-state index contributed by atoms with van der Waals surface area (Å²) in [7, 11) is 0. The van der Waals surface area contributed by atoms with Gasteiger partial charge in [-0.3, -0.25) is 0 Å². The SMILES string of the molecule is CSCCCOc1ccc(N)cc1C#N. The van der Waals surface area contributed by atoms with E-state index in [0.717, 1.165) is 12.2 Å². The third-order valence-corrected chi connectivity index (χ3v) is 2.57. The Balaban J connectivity index is 2.57. The molecule has 0 saturated heterocycles.